The van der Waals surface area contributed by atoms with Crippen LogP contribution in [0.25, 0.3) is 10.9 Å². The molecular weight excluding hydrogens is 510 g/mol. The summed E-state index contributed by atoms with van der Waals surface area (Å²) in [5.74, 6) is -0.0607. The highest BCUT2D eigenvalue weighted by Crippen LogP contribution is 2.26. The van der Waals surface area contributed by atoms with E-state index < -0.39 is 10.0 Å². The Kier molecular flexibility index (Phi) is 7.19. The number of anilines is 1. The normalized spacial score (nSPS) is 16.6. The molecule has 5 rings (SSSR count). The molecule has 2 aliphatic heterocycles. The molecule has 1 amide bonds. The van der Waals surface area contributed by atoms with Gasteiger partial charge in [0.1, 0.15) is 4.90 Å². The first-order valence-corrected chi connectivity index (χ1v) is 14.0. The Balaban J connectivity index is 1.25. The fraction of sp³-hybridized carbons (Fsp3) is 0.259. The fourth-order valence-corrected chi connectivity index (χ4v) is 6.12. The van der Waals surface area contributed by atoms with Crippen molar-refractivity contribution in [3.8, 4) is 0 Å². The maximum absolute atomic E-state index is 13.2. The van der Waals surface area contributed by atoms with Gasteiger partial charge in [-0.15, -0.1) is 0 Å². The maximum Gasteiger partial charge on any atom is 0.264 e. The minimum atomic E-state index is -3.87. The number of carbonyl (C=O) groups is 1. The number of aromatic nitrogens is 1. The minimum Gasteiger partial charge on any atom is -0.386 e. The quantitative estimate of drug-likeness (QED) is 0.498. The highest BCUT2D eigenvalue weighted by Gasteiger charge is 2.24. The molecule has 2 aliphatic rings. The van der Waals surface area contributed by atoms with E-state index in [1.807, 2.05) is 23.2 Å². The van der Waals surface area contributed by atoms with E-state index in [1.54, 1.807) is 43.5 Å². The van der Waals surface area contributed by atoms with Gasteiger partial charge in [-0.2, -0.15) is 0 Å². The van der Waals surface area contributed by atoms with Crippen molar-refractivity contribution in [3.05, 3.63) is 88.7 Å². The molecule has 0 spiro atoms. The fourth-order valence-electron chi connectivity index (χ4n) is 4.60. The molecule has 0 unspecified atom stereocenters. The number of sulfonamides is 1. The van der Waals surface area contributed by atoms with Crippen molar-refractivity contribution in [1.82, 2.24) is 20.1 Å². The standard InChI is InChI=1S/C27H28ClN5O3S/c1-19-16-21(27(34)33-14-12-32(13-15-33)18-22-9-11-29-17-23(22)28)7-8-24(19)31-37(35,36)25-6-2-4-20-5-3-10-30-26(20)25/h2-10,16-17,29,31H,11-15,18H2,1H3. The number of dihydropyridines is 1. The highest BCUT2D eigenvalue weighted by molar-refractivity contribution is 7.93. The van der Waals surface area contributed by atoms with Gasteiger partial charge in [-0.25, -0.2) is 8.42 Å². The van der Waals surface area contributed by atoms with E-state index in [1.165, 1.54) is 6.07 Å². The van der Waals surface area contributed by atoms with Gasteiger partial charge in [-0.3, -0.25) is 19.4 Å². The van der Waals surface area contributed by atoms with Crippen LogP contribution in [0.5, 0.6) is 0 Å². The number of amides is 1. The molecule has 1 saturated heterocycles. The third kappa shape index (κ3) is 5.49. The van der Waals surface area contributed by atoms with E-state index in [0.29, 0.717) is 35.4 Å². The maximum atomic E-state index is 13.2. The molecule has 2 aromatic carbocycles. The lowest BCUT2D eigenvalue weighted by Gasteiger charge is -2.35. The zero-order chi connectivity index (χ0) is 26.0. The molecule has 0 aliphatic carbocycles. The van der Waals surface area contributed by atoms with Crippen LogP contribution in [0.3, 0.4) is 0 Å². The van der Waals surface area contributed by atoms with Gasteiger partial charge in [-0.05, 0) is 48.4 Å². The number of pyridine rings is 1. The first kappa shape index (κ1) is 25.3. The molecule has 3 aromatic rings. The second-order valence-corrected chi connectivity index (χ2v) is 11.2. The summed E-state index contributed by atoms with van der Waals surface area (Å²) in [6.45, 7) is 6.08. The van der Waals surface area contributed by atoms with E-state index in [-0.39, 0.29) is 10.8 Å². The SMILES string of the molecule is Cc1cc(C(=O)N2CCN(CC3=CCNC=C3Cl)CC2)ccc1NS(=O)(=O)c1cccc2cccnc12. The number of hydrogen-bond donors (Lipinski definition) is 2. The molecule has 0 saturated carbocycles. The molecular formula is C27H28ClN5O3S. The number of hydrogen-bond acceptors (Lipinski definition) is 6. The number of fused-ring (bicyclic) bond motifs is 1. The topological polar surface area (TPSA) is 94.6 Å². The van der Waals surface area contributed by atoms with E-state index in [2.05, 4.69) is 26.0 Å². The lowest BCUT2D eigenvalue weighted by atomic mass is 10.1. The van der Waals surface area contributed by atoms with E-state index in [0.717, 1.165) is 42.2 Å². The lowest BCUT2D eigenvalue weighted by molar-refractivity contribution is 0.0648. The van der Waals surface area contributed by atoms with Crippen LogP contribution in [0, 0.1) is 6.92 Å². The summed E-state index contributed by atoms with van der Waals surface area (Å²) in [5, 5.41) is 4.57. The number of rotatable bonds is 6. The number of benzene rings is 2. The summed E-state index contributed by atoms with van der Waals surface area (Å²) in [6.07, 6.45) is 5.49. The number of piperazine rings is 1. The predicted octanol–water partition coefficient (Wildman–Crippen LogP) is 3.71. The number of para-hydroxylation sites is 1. The molecule has 1 aromatic heterocycles. The number of carbonyl (C=O) groups excluding carboxylic acids is 1. The van der Waals surface area contributed by atoms with Gasteiger partial charge >= 0.3 is 0 Å². The summed E-state index contributed by atoms with van der Waals surface area (Å²) in [7, 11) is -3.87. The zero-order valence-corrected chi connectivity index (χ0v) is 22.0. The van der Waals surface area contributed by atoms with Crippen molar-refractivity contribution < 1.29 is 13.2 Å². The van der Waals surface area contributed by atoms with Crippen LogP contribution >= 0.6 is 11.6 Å². The molecule has 8 nitrogen and oxygen atoms in total. The second kappa shape index (κ2) is 10.5. The van der Waals surface area contributed by atoms with Crippen molar-refractivity contribution >= 4 is 44.1 Å². The number of aryl methyl sites for hydroxylation is 1. The molecule has 192 valence electrons. The lowest BCUT2D eigenvalue weighted by Crippen LogP contribution is -2.49. The van der Waals surface area contributed by atoms with Crippen LogP contribution in [0.4, 0.5) is 5.69 Å². The van der Waals surface area contributed by atoms with Crippen molar-refractivity contribution in [2.45, 2.75) is 11.8 Å². The van der Waals surface area contributed by atoms with Crippen molar-refractivity contribution in [2.24, 2.45) is 0 Å². The van der Waals surface area contributed by atoms with Gasteiger partial charge < -0.3 is 10.2 Å². The molecule has 1 fully saturated rings. The first-order valence-electron chi connectivity index (χ1n) is 12.1. The van der Waals surface area contributed by atoms with Crippen LogP contribution in [0.15, 0.2) is 82.5 Å². The number of nitrogens with one attached hydrogen (secondary N) is 2. The van der Waals surface area contributed by atoms with Crippen LogP contribution < -0.4 is 10.0 Å². The number of nitrogens with zero attached hydrogens (tertiary/aromatic N) is 3. The van der Waals surface area contributed by atoms with Crippen LogP contribution in [0.1, 0.15) is 15.9 Å². The second-order valence-electron chi connectivity index (χ2n) is 9.16. The minimum absolute atomic E-state index is 0.0607. The monoisotopic (exact) mass is 537 g/mol. The van der Waals surface area contributed by atoms with Crippen molar-refractivity contribution in [3.63, 3.8) is 0 Å². The van der Waals surface area contributed by atoms with Gasteiger partial charge in [0.2, 0.25) is 0 Å². The van der Waals surface area contributed by atoms with Gasteiger partial charge in [0.05, 0.1) is 16.2 Å². The zero-order valence-electron chi connectivity index (χ0n) is 20.4. The molecule has 3 heterocycles. The van der Waals surface area contributed by atoms with E-state index >= 15 is 0 Å². The summed E-state index contributed by atoms with van der Waals surface area (Å²) in [6, 6.07) is 13.7. The van der Waals surface area contributed by atoms with Gasteiger partial charge in [0.25, 0.3) is 15.9 Å². The van der Waals surface area contributed by atoms with Gasteiger partial charge in [-0.1, -0.05) is 35.9 Å². The molecule has 0 atom stereocenters. The third-order valence-corrected chi connectivity index (χ3v) is 8.41. The van der Waals surface area contributed by atoms with Crippen LogP contribution in [0.2, 0.25) is 0 Å². The molecule has 2 N–H and O–H groups in total. The Bertz CT molecular complexity index is 1510. The average molecular weight is 538 g/mol. The smallest absolute Gasteiger partial charge is 0.264 e. The van der Waals surface area contributed by atoms with Crippen LogP contribution in [-0.2, 0) is 10.0 Å². The summed E-state index contributed by atoms with van der Waals surface area (Å²) in [5.41, 5.74) is 3.15. The first-order chi connectivity index (χ1) is 17.8. The summed E-state index contributed by atoms with van der Waals surface area (Å²) < 4.78 is 29.0. The van der Waals surface area contributed by atoms with E-state index in [9.17, 15) is 13.2 Å². The predicted molar refractivity (Wildman–Crippen MR) is 146 cm³/mol. The largest absolute Gasteiger partial charge is 0.386 e. The summed E-state index contributed by atoms with van der Waals surface area (Å²) in [4.78, 5) is 21.7. The van der Waals surface area contributed by atoms with Gasteiger partial charge in [0.15, 0.2) is 0 Å². The molecule has 10 heteroatoms. The average Bonchev–Trinajstić information content (AvgIpc) is 2.91. The molecule has 0 radical (unpaired) electrons. The Morgan fingerprint density at radius 3 is 2.65 bits per heavy atom. The van der Waals surface area contributed by atoms with Crippen molar-refractivity contribution in [2.75, 3.05) is 44.0 Å². The Hall–Kier alpha value is -3.40. The Morgan fingerprint density at radius 1 is 1.11 bits per heavy atom. The van der Waals surface area contributed by atoms with E-state index in [4.69, 9.17) is 11.6 Å². The van der Waals surface area contributed by atoms with Crippen molar-refractivity contribution in [1.29, 1.82) is 0 Å². The van der Waals surface area contributed by atoms with Crippen LogP contribution in [-0.4, -0.2) is 68.4 Å². The number of halogens is 1. The molecule has 0 bridgehead atoms. The third-order valence-electron chi connectivity index (χ3n) is 6.66. The summed E-state index contributed by atoms with van der Waals surface area (Å²) >= 11 is 6.28. The molecule has 37 heavy (non-hydrogen) atoms. The highest BCUT2D eigenvalue weighted by atomic mass is 35.5. The Morgan fingerprint density at radius 2 is 1.89 bits per heavy atom. The Labute approximate surface area is 221 Å². The van der Waals surface area contributed by atoms with Gasteiger partial charge in [0, 0.05) is 62.6 Å².